The summed E-state index contributed by atoms with van der Waals surface area (Å²) in [6, 6.07) is 10.9. The van der Waals surface area contributed by atoms with E-state index in [4.69, 9.17) is 0 Å². The molecule has 1 heterocycles. The van der Waals surface area contributed by atoms with Gasteiger partial charge in [-0.2, -0.15) is 0 Å². The van der Waals surface area contributed by atoms with Crippen LogP contribution >= 0.6 is 0 Å². The molecular formula is C32H55N2+. The molecule has 2 heteroatoms. The summed E-state index contributed by atoms with van der Waals surface area (Å²) in [7, 11) is 0. The third-order valence-corrected chi connectivity index (χ3v) is 7.37. The second-order valence-electron chi connectivity index (χ2n) is 10.3. The first-order valence-electron chi connectivity index (χ1n) is 15.0. The van der Waals surface area contributed by atoms with E-state index in [1.165, 1.54) is 134 Å². The number of benzene rings is 1. The summed E-state index contributed by atoms with van der Waals surface area (Å²) in [4.78, 5) is 0. The SMILES string of the molecule is CCCCCCCCCCCCCCCCCCn1cc[n+](CCCc2ccccc2)c1CC. The zero-order valence-electron chi connectivity index (χ0n) is 22.8. The van der Waals surface area contributed by atoms with Crippen LogP contribution < -0.4 is 4.57 Å². The normalized spacial score (nSPS) is 11.4. The second kappa shape index (κ2) is 19.7. The van der Waals surface area contributed by atoms with Gasteiger partial charge in [0.15, 0.2) is 0 Å². The lowest BCUT2D eigenvalue weighted by molar-refractivity contribution is -0.704. The number of unbranched alkanes of at least 4 members (excludes halogenated alkanes) is 15. The van der Waals surface area contributed by atoms with Crippen LogP contribution in [0.5, 0.6) is 0 Å². The molecule has 34 heavy (non-hydrogen) atoms. The Morgan fingerprint density at radius 2 is 1.15 bits per heavy atom. The minimum atomic E-state index is 1.12. The van der Waals surface area contributed by atoms with Gasteiger partial charge < -0.3 is 0 Å². The van der Waals surface area contributed by atoms with Gasteiger partial charge in [-0.05, 0) is 31.2 Å². The zero-order chi connectivity index (χ0) is 24.1. The Hall–Kier alpha value is -1.57. The summed E-state index contributed by atoms with van der Waals surface area (Å²) in [5, 5.41) is 0. The van der Waals surface area contributed by atoms with Crippen LogP contribution in [0.3, 0.4) is 0 Å². The molecule has 0 radical (unpaired) electrons. The van der Waals surface area contributed by atoms with Crippen molar-refractivity contribution in [3.63, 3.8) is 0 Å². The fourth-order valence-electron chi connectivity index (χ4n) is 5.24. The average molecular weight is 468 g/mol. The maximum Gasteiger partial charge on any atom is 0.256 e. The van der Waals surface area contributed by atoms with E-state index in [1.807, 2.05) is 0 Å². The molecule has 0 saturated heterocycles. The molecule has 1 aromatic heterocycles. The molecule has 192 valence electrons. The molecule has 0 aliphatic rings. The van der Waals surface area contributed by atoms with Crippen molar-refractivity contribution >= 4 is 0 Å². The maximum absolute atomic E-state index is 2.51. The van der Waals surface area contributed by atoms with Crippen molar-refractivity contribution in [2.75, 3.05) is 0 Å². The van der Waals surface area contributed by atoms with Crippen LogP contribution in [0.2, 0.25) is 0 Å². The van der Waals surface area contributed by atoms with Gasteiger partial charge in [0.2, 0.25) is 0 Å². The smallest absolute Gasteiger partial charge is 0.234 e. The van der Waals surface area contributed by atoms with E-state index in [0.29, 0.717) is 0 Å². The summed E-state index contributed by atoms with van der Waals surface area (Å²) < 4.78 is 4.99. The van der Waals surface area contributed by atoms with E-state index in [9.17, 15) is 0 Å². The molecule has 0 bridgehead atoms. The third-order valence-electron chi connectivity index (χ3n) is 7.37. The minimum Gasteiger partial charge on any atom is -0.234 e. The first-order valence-corrected chi connectivity index (χ1v) is 15.0. The van der Waals surface area contributed by atoms with Crippen molar-refractivity contribution in [3.05, 3.63) is 54.1 Å². The maximum atomic E-state index is 2.51. The number of aromatic nitrogens is 2. The molecule has 0 aliphatic carbocycles. The third kappa shape index (κ3) is 12.8. The molecule has 2 aromatic rings. The van der Waals surface area contributed by atoms with Crippen LogP contribution in [0.25, 0.3) is 0 Å². The molecule has 0 amide bonds. The molecule has 1 aromatic carbocycles. The van der Waals surface area contributed by atoms with Gasteiger partial charge in [0, 0.05) is 6.42 Å². The largest absolute Gasteiger partial charge is 0.256 e. The number of aryl methyl sites for hydroxylation is 3. The quantitative estimate of drug-likeness (QED) is 0.120. The Balaban J connectivity index is 1.44. The lowest BCUT2D eigenvalue weighted by atomic mass is 10.0. The second-order valence-corrected chi connectivity index (χ2v) is 10.3. The summed E-state index contributed by atoms with van der Waals surface area (Å²) >= 11 is 0. The molecule has 0 atom stereocenters. The Labute approximate surface area is 212 Å². The van der Waals surface area contributed by atoms with Crippen molar-refractivity contribution in [1.29, 1.82) is 0 Å². The fraction of sp³-hybridized carbons (Fsp3) is 0.719. The summed E-state index contributed by atoms with van der Waals surface area (Å²) in [6.45, 7) is 6.92. The molecule has 2 nitrogen and oxygen atoms in total. The highest BCUT2D eigenvalue weighted by molar-refractivity contribution is 5.14. The summed E-state index contributed by atoms with van der Waals surface area (Å²) in [5.74, 6) is 1.49. The molecule has 0 unspecified atom stereocenters. The van der Waals surface area contributed by atoms with Gasteiger partial charge in [0.05, 0.1) is 13.1 Å². The highest BCUT2D eigenvalue weighted by Crippen LogP contribution is 2.14. The van der Waals surface area contributed by atoms with Gasteiger partial charge in [0.25, 0.3) is 5.82 Å². The van der Waals surface area contributed by atoms with Crippen molar-refractivity contribution in [3.8, 4) is 0 Å². The van der Waals surface area contributed by atoms with Gasteiger partial charge in [-0.1, -0.05) is 134 Å². The Morgan fingerprint density at radius 1 is 0.618 bits per heavy atom. The fourth-order valence-corrected chi connectivity index (χ4v) is 5.24. The number of nitrogens with zero attached hydrogens (tertiary/aromatic N) is 2. The highest BCUT2D eigenvalue weighted by Gasteiger charge is 2.14. The summed E-state index contributed by atoms with van der Waals surface area (Å²) in [6.07, 6.45) is 31.1. The van der Waals surface area contributed by atoms with Crippen LogP contribution in [0, 0.1) is 0 Å². The monoisotopic (exact) mass is 467 g/mol. The predicted molar refractivity (Wildman–Crippen MR) is 148 cm³/mol. The highest BCUT2D eigenvalue weighted by atomic mass is 15.1. The average Bonchev–Trinajstić information content (AvgIpc) is 3.26. The topological polar surface area (TPSA) is 8.81 Å². The number of rotatable bonds is 22. The molecule has 0 aliphatic heterocycles. The van der Waals surface area contributed by atoms with E-state index in [2.05, 4.69) is 65.7 Å². The lowest BCUT2D eigenvalue weighted by Crippen LogP contribution is -2.37. The molecule has 0 saturated carbocycles. The molecule has 0 N–H and O–H groups in total. The van der Waals surface area contributed by atoms with Crippen LogP contribution in [0.4, 0.5) is 0 Å². The predicted octanol–water partition coefficient (Wildman–Crippen LogP) is 9.23. The Bertz CT molecular complexity index is 703. The number of imidazole rings is 1. The minimum absolute atomic E-state index is 1.12. The lowest BCUT2D eigenvalue weighted by Gasteiger charge is -2.05. The Kier molecular flexibility index (Phi) is 16.6. The van der Waals surface area contributed by atoms with Crippen molar-refractivity contribution in [2.45, 2.75) is 149 Å². The van der Waals surface area contributed by atoms with E-state index in [1.54, 1.807) is 0 Å². The van der Waals surface area contributed by atoms with Gasteiger partial charge in [0.1, 0.15) is 12.4 Å². The van der Waals surface area contributed by atoms with Gasteiger partial charge in [-0.25, -0.2) is 9.13 Å². The van der Waals surface area contributed by atoms with Crippen LogP contribution in [0.1, 0.15) is 134 Å². The van der Waals surface area contributed by atoms with E-state index < -0.39 is 0 Å². The summed E-state index contributed by atoms with van der Waals surface area (Å²) in [5.41, 5.74) is 1.45. The van der Waals surface area contributed by atoms with Gasteiger partial charge in [-0.15, -0.1) is 0 Å². The van der Waals surface area contributed by atoms with Crippen LogP contribution in [-0.4, -0.2) is 4.57 Å². The van der Waals surface area contributed by atoms with Crippen LogP contribution in [0.15, 0.2) is 42.7 Å². The first-order chi connectivity index (χ1) is 16.8. The molecule has 0 fully saturated rings. The number of hydrogen-bond acceptors (Lipinski definition) is 0. The number of hydrogen-bond donors (Lipinski definition) is 0. The van der Waals surface area contributed by atoms with Gasteiger partial charge >= 0.3 is 0 Å². The van der Waals surface area contributed by atoms with Crippen molar-refractivity contribution in [1.82, 2.24) is 4.57 Å². The molecule has 2 rings (SSSR count). The van der Waals surface area contributed by atoms with E-state index in [0.717, 1.165) is 13.0 Å². The van der Waals surface area contributed by atoms with E-state index in [-0.39, 0.29) is 0 Å². The van der Waals surface area contributed by atoms with Crippen LogP contribution in [-0.2, 0) is 25.9 Å². The first kappa shape index (κ1) is 28.7. The zero-order valence-corrected chi connectivity index (χ0v) is 22.8. The molecular weight excluding hydrogens is 412 g/mol. The Morgan fingerprint density at radius 3 is 1.68 bits per heavy atom. The standard InChI is InChI=1S/C32H55N2/c1-3-5-6-7-8-9-10-11-12-13-14-15-16-17-18-22-27-33-29-30-34(32(33)4-2)28-23-26-31-24-20-19-21-25-31/h19-21,24-25,29-30H,3-18,22-23,26-28H2,1-2H3/q+1. The van der Waals surface area contributed by atoms with Crippen molar-refractivity contribution < 1.29 is 4.57 Å². The molecule has 0 spiro atoms. The van der Waals surface area contributed by atoms with Gasteiger partial charge in [-0.3, -0.25) is 0 Å². The van der Waals surface area contributed by atoms with E-state index >= 15 is 0 Å². The van der Waals surface area contributed by atoms with Crippen molar-refractivity contribution in [2.24, 2.45) is 0 Å².